The van der Waals surface area contributed by atoms with Gasteiger partial charge in [-0.3, -0.25) is 0 Å². The standard InChI is InChI=1S/C12H19N3/c1-9-11(13)4-3-5-12(9)14-10-6-7-15(2)8-10/h3-5,10,14H,6-8,13H2,1-2H3. The fourth-order valence-corrected chi connectivity index (χ4v) is 2.08. The molecule has 0 amide bonds. The molecule has 0 aliphatic carbocycles. The number of anilines is 2. The van der Waals surface area contributed by atoms with Gasteiger partial charge in [-0.05, 0) is 44.6 Å². The fourth-order valence-electron chi connectivity index (χ4n) is 2.08. The van der Waals surface area contributed by atoms with E-state index in [4.69, 9.17) is 5.73 Å². The van der Waals surface area contributed by atoms with Crippen LogP contribution in [-0.4, -0.2) is 31.1 Å². The van der Waals surface area contributed by atoms with E-state index in [1.54, 1.807) is 0 Å². The van der Waals surface area contributed by atoms with Crippen LogP contribution in [0.15, 0.2) is 18.2 Å². The highest BCUT2D eigenvalue weighted by molar-refractivity contribution is 5.63. The zero-order valence-electron chi connectivity index (χ0n) is 9.46. The number of hydrogen-bond acceptors (Lipinski definition) is 3. The maximum Gasteiger partial charge on any atom is 0.0400 e. The molecule has 0 saturated carbocycles. The third-order valence-electron chi connectivity index (χ3n) is 3.13. The summed E-state index contributed by atoms with van der Waals surface area (Å²) in [5, 5.41) is 3.56. The van der Waals surface area contributed by atoms with Gasteiger partial charge in [0.05, 0.1) is 0 Å². The van der Waals surface area contributed by atoms with Crippen LogP contribution < -0.4 is 11.1 Å². The molecule has 1 aliphatic heterocycles. The summed E-state index contributed by atoms with van der Waals surface area (Å²) in [5.74, 6) is 0. The van der Waals surface area contributed by atoms with E-state index in [1.807, 2.05) is 12.1 Å². The van der Waals surface area contributed by atoms with Gasteiger partial charge >= 0.3 is 0 Å². The summed E-state index contributed by atoms with van der Waals surface area (Å²) in [6.45, 7) is 4.36. The largest absolute Gasteiger partial charge is 0.398 e. The summed E-state index contributed by atoms with van der Waals surface area (Å²) in [4.78, 5) is 2.35. The number of nitrogens with zero attached hydrogens (tertiary/aromatic N) is 1. The SMILES string of the molecule is Cc1c(N)cccc1NC1CCN(C)C1. The molecular formula is C12H19N3. The van der Waals surface area contributed by atoms with Crippen LogP contribution in [0.1, 0.15) is 12.0 Å². The van der Waals surface area contributed by atoms with E-state index in [1.165, 1.54) is 18.7 Å². The molecule has 3 N–H and O–H groups in total. The predicted molar refractivity (Wildman–Crippen MR) is 65.1 cm³/mol. The molecule has 0 aromatic heterocycles. The van der Waals surface area contributed by atoms with Crippen molar-refractivity contribution >= 4 is 11.4 Å². The lowest BCUT2D eigenvalue weighted by atomic mass is 10.1. The van der Waals surface area contributed by atoms with Crippen molar-refractivity contribution in [2.24, 2.45) is 0 Å². The molecule has 2 rings (SSSR count). The van der Waals surface area contributed by atoms with Gasteiger partial charge in [-0.15, -0.1) is 0 Å². The number of hydrogen-bond donors (Lipinski definition) is 2. The van der Waals surface area contributed by atoms with Crippen LogP contribution in [0, 0.1) is 6.92 Å². The molecule has 1 heterocycles. The quantitative estimate of drug-likeness (QED) is 0.722. The van der Waals surface area contributed by atoms with Crippen LogP contribution in [0.3, 0.4) is 0 Å². The minimum absolute atomic E-state index is 0.565. The lowest BCUT2D eigenvalue weighted by Crippen LogP contribution is -2.23. The van der Waals surface area contributed by atoms with Crippen molar-refractivity contribution < 1.29 is 0 Å². The Bertz CT molecular complexity index is 349. The Morgan fingerprint density at radius 3 is 2.93 bits per heavy atom. The molecule has 3 heteroatoms. The number of likely N-dealkylation sites (N-methyl/N-ethyl adjacent to an activating group) is 1. The average molecular weight is 205 g/mol. The summed E-state index contributed by atoms with van der Waals surface area (Å²) < 4.78 is 0. The van der Waals surface area contributed by atoms with E-state index < -0.39 is 0 Å². The van der Waals surface area contributed by atoms with E-state index in [-0.39, 0.29) is 0 Å². The van der Waals surface area contributed by atoms with Crippen molar-refractivity contribution in [2.45, 2.75) is 19.4 Å². The fraction of sp³-hybridized carbons (Fsp3) is 0.500. The monoisotopic (exact) mass is 205 g/mol. The maximum atomic E-state index is 5.87. The van der Waals surface area contributed by atoms with Crippen LogP contribution in [0.5, 0.6) is 0 Å². The Balaban J connectivity index is 2.07. The number of nitrogens with one attached hydrogen (secondary N) is 1. The second-order valence-corrected chi connectivity index (χ2v) is 4.41. The smallest absolute Gasteiger partial charge is 0.0400 e. The van der Waals surface area contributed by atoms with Crippen LogP contribution in [0.4, 0.5) is 11.4 Å². The highest BCUT2D eigenvalue weighted by Gasteiger charge is 2.19. The van der Waals surface area contributed by atoms with Crippen molar-refractivity contribution in [1.82, 2.24) is 4.90 Å². The summed E-state index contributed by atoms with van der Waals surface area (Å²) in [6, 6.07) is 6.62. The predicted octanol–water partition coefficient (Wildman–Crippen LogP) is 1.69. The summed E-state index contributed by atoms with van der Waals surface area (Å²) in [5.41, 5.74) is 9.07. The molecule has 0 bridgehead atoms. The van der Waals surface area contributed by atoms with Crippen LogP contribution in [-0.2, 0) is 0 Å². The van der Waals surface area contributed by atoms with Gasteiger partial charge in [0.2, 0.25) is 0 Å². The van der Waals surface area contributed by atoms with E-state index in [0.717, 1.165) is 17.8 Å². The van der Waals surface area contributed by atoms with Gasteiger partial charge in [0.15, 0.2) is 0 Å². The third-order valence-corrected chi connectivity index (χ3v) is 3.13. The second kappa shape index (κ2) is 4.11. The molecule has 1 saturated heterocycles. The number of benzene rings is 1. The van der Waals surface area contributed by atoms with Gasteiger partial charge in [-0.25, -0.2) is 0 Å². The molecule has 15 heavy (non-hydrogen) atoms. The van der Waals surface area contributed by atoms with Gasteiger partial charge < -0.3 is 16.0 Å². The van der Waals surface area contributed by atoms with Crippen molar-refractivity contribution in [3.63, 3.8) is 0 Å². The minimum Gasteiger partial charge on any atom is -0.398 e. The number of rotatable bonds is 2. The first-order valence-corrected chi connectivity index (χ1v) is 5.47. The first kappa shape index (κ1) is 10.3. The Morgan fingerprint density at radius 2 is 2.27 bits per heavy atom. The molecule has 1 atom stereocenters. The molecule has 1 unspecified atom stereocenters. The molecule has 1 aromatic rings. The Hall–Kier alpha value is -1.22. The van der Waals surface area contributed by atoms with Crippen molar-refractivity contribution in [3.8, 4) is 0 Å². The molecule has 1 aliphatic rings. The Labute approximate surface area is 91.3 Å². The Morgan fingerprint density at radius 1 is 1.47 bits per heavy atom. The van der Waals surface area contributed by atoms with E-state index in [2.05, 4.69) is 30.3 Å². The normalized spacial score (nSPS) is 21.9. The minimum atomic E-state index is 0.565. The van der Waals surface area contributed by atoms with Gasteiger partial charge in [0, 0.05) is 24.0 Å². The third kappa shape index (κ3) is 2.23. The zero-order valence-corrected chi connectivity index (χ0v) is 9.46. The molecule has 0 spiro atoms. The number of nitrogen functional groups attached to an aromatic ring is 1. The highest BCUT2D eigenvalue weighted by Crippen LogP contribution is 2.22. The molecule has 82 valence electrons. The van der Waals surface area contributed by atoms with Crippen LogP contribution in [0.25, 0.3) is 0 Å². The lowest BCUT2D eigenvalue weighted by molar-refractivity contribution is 0.414. The molecule has 3 nitrogen and oxygen atoms in total. The van der Waals surface area contributed by atoms with E-state index in [0.29, 0.717) is 6.04 Å². The lowest BCUT2D eigenvalue weighted by Gasteiger charge is -2.17. The first-order valence-electron chi connectivity index (χ1n) is 5.47. The second-order valence-electron chi connectivity index (χ2n) is 4.41. The van der Waals surface area contributed by atoms with Crippen LogP contribution >= 0.6 is 0 Å². The van der Waals surface area contributed by atoms with Gasteiger partial charge in [-0.1, -0.05) is 6.07 Å². The summed E-state index contributed by atoms with van der Waals surface area (Å²) in [6.07, 6.45) is 1.21. The number of likely N-dealkylation sites (tertiary alicyclic amines) is 1. The number of nitrogens with two attached hydrogens (primary N) is 1. The van der Waals surface area contributed by atoms with Crippen LogP contribution in [0.2, 0.25) is 0 Å². The van der Waals surface area contributed by atoms with Crippen molar-refractivity contribution in [1.29, 1.82) is 0 Å². The molecule has 1 fully saturated rings. The van der Waals surface area contributed by atoms with Gasteiger partial charge in [0.1, 0.15) is 0 Å². The van der Waals surface area contributed by atoms with Crippen molar-refractivity contribution in [3.05, 3.63) is 23.8 Å². The molecule has 0 radical (unpaired) electrons. The van der Waals surface area contributed by atoms with E-state index in [9.17, 15) is 0 Å². The maximum absolute atomic E-state index is 5.87. The Kier molecular flexibility index (Phi) is 2.82. The topological polar surface area (TPSA) is 41.3 Å². The highest BCUT2D eigenvalue weighted by atomic mass is 15.2. The summed E-state index contributed by atoms with van der Waals surface area (Å²) in [7, 11) is 2.16. The van der Waals surface area contributed by atoms with Gasteiger partial charge in [-0.2, -0.15) is 0 Å². The average Bonchev–Trinajstić information content (AvgIpc) is 2.59. The van der Waals surface area contributed by atoms with Crippen molar-refractivity contribution in [2.75, 3.05) is 31.2 Å². The van der Waals surface area contributed by atoms with E-state index >= 15 is 0 Å². The zero-order chi connectivity index (χ0) is 10.8. The van der Waals surface area contributed by atoms with Gasteiger partial charge in [0.25, 0.3) is 0 Å². The molecular weight excluding hydrogens is 186 g/mol. The first-order chi connectivity index (χ1) is 7.16. The molecule has 1 aromatic carbocycles. The summed E-state index contributed by atoms with van der Waals surface area (Å²) >= 11 is 0.